The molecule has 0 aromatic rings. The lowest BCUT2D eigenvalue weighted by Gasteiger charge is -2.39. The van der Waals surface area contributed by atoms with Gasteiger partial charge in [0.1, 0.15) is 6.04 Å². The van der Waals surface area contributed by atoms with Crippen LogP contribution in [0, 0.1) is 11.3 Å². The van der Waals surface area contributed by atoms with Crippen molar-refractivity contribution in [2.75, 3.05) is 13.1 Å². The van der Waals surface area contributed by atoms with Crippen LogP contribution in [0.15, 0.2) is 0 Å². The van der Waals surface area contributed by atoms with Crippen molar-refractivity contribution in [1.29, 1.82) is 0 Å². The van der Waals surface area contributed by atoms with Gasteiger partial charge in [0.2, 0.25) is 11.8 Å². The Hall–Kier alpha value is -1.06. The summed E-state index contributed by atoms with van der Waals surface area (Å²) in [7, 11) is 0. The molecule has 1 aliphatic heterocycles. The van der Waals surface area contributed by atoms with E-state index in [1.807, 2.05) is 20.8 Å². The average Bonchev–Trinajstić information content (AvgIpc) is 2.92. The summed E-state index contributed by atoms with van der Waals surface area (Å²) in [5.74, 6) is 0.689. The number of carbonyl (C=O) groups excluding carboxylic acids is 2. The van der Waals surface area contributed by atoms with Crippen LogP contribution >= 0.6 is 0 Å². The van der Waals surface area contributed by atoms with Gasteiger partial charge in [-0.05, 0) is 24.2 Å². The number of amides is 2. The van der Waals surface area contributed by atoms with Crippen molar-refractivity contribution < 1.29 is 9.59 Å². The van der Waals surface area contributed by atoms with Gasteiger partial charge in [0.15, 0.2) is 0 Å². The molecule has 0 aromatic heterocycles. The quantitative estimate of drug-likeness (QED) is 0.753. The second-order valence-electron chi connectivity index (χ2n) is 6.03. The van der Waals surface area contributed by atoms with Crippen LogP contribution in [0.2, 0.25) is 0 Å². The maximum atomic E-state index is 12.2. The lowest BCUT2D eigenvalue weighted by Crippen LogP contribution is -2.62. The van der Waals surface area contributed by atoms with E-state index in [1.165, 1.54) is 12.8 Å². The van der Waals surface area contributed by atoms with Crippen LogP contribution in [0.3, 0.4) is 0 Å². The fraction of sp³-hybridized carbons (Fsp3) is 0.833. The van der Waals surface area contributed by atoms with Gasteiger partial charge in [-0.25, -0.2) is 0 Å². The molecule has 2 aliphatic rings. The molecule has 2 fully saturated rings. The van der Waals surface area contributed by atoms with E-state index in [2.05, 4.69) is 5.32 Å². The maximum absolute atomic E-state index is 12.2. The zero-order chi connectivity index (χ0) is 11.9. The predicted molar refractivity (Wildman–Crippen MR) is 60.7 cm³/mol. The zero-order valence-electron chi connectivity index (χ0n) is 10.2. The average molecular weight is 224 g/mol. The molecule has 2 rings (SSSR count). The summed E-state index contributed by atoms with van der Waals surface area (Å²) < 4.78 is 0. The third-order valence-electron chi connectivity index (χ3n) is 3.24. The van der Waals surface area contributed by atoms with Crippen LogP contribution in [0.25, 0.3) is 0 Å². The molecule has 1 atom stereocenters. The molecule has 90 valence electrons. The predicted octanol–water partition coefficient (Wildman–Crippen LogP) is 0.769. The van der Waals surface area contributed by atoms with E-state index in [0.717, 1.165) is 6.54 Å². The van der Waals surface area contributed by atoms with Crippen LogP contribution in [-0.2, 0) is 9.59 Å². The summed E-state index contributed by atoms with van der Waals surface area (Å²) >= 11 is 0. The van der Waals surface area contributed by atoms with Crippen molar-refractivity contribution in [2.24, 2.45) is 11.3 Å². The van der Waals surface area contributed by atoms with E-state index in [0.29, 0.717) is 5.92 Å². The van der Waals surface area contributed by atoms with Gasteiger partial charge in [-0.3, -0.25) is 9.59 Å². The van der Waals surface area contributed by atoms with Gasteiger partial charge in [0.25, 0.3) is 0 Å². The van der Waals surface area contributed by atoms with Gasteiger partial charge in [-0.1, -0.05) is 20.8 Å². The highest BCUT2D eigenvalue weighted by atomic mass is 16.2. The topological polar surface area (TPSA) is 49.4 Å². The summed E-state index contributed by atoms with van der Waals surface area (Å²) in [4.78, 5) is 25.5. The largest absolute Gasteiger partial charge is 0.342 e. The van der Waals surface area contributed by atoms with E-state index in [-0.39, 0.29) is 29.8 Å². The number of rotatable bonds is 2. The van der Waals surface area contributed by atoms with E-state index >= 15 is 0 Å². The number of nitrogens with zero attached hydrogens (tertiary/aromatic N) is 1. The normalized spacial score (nSPS) is 26.9. The SMILES string of the molecule is CC(C)(C)C1NC(=O)CN(CC2CC2)C1=O. The Kier molecular flexibility index (Phi) is 2.68. The lowest BCUT2D eigenvalue weighted by atomic mass is 9.84. The second-order valence-corrected chi connectivity index (χ2v) is 6.03. The fourth-order valence-electron chi connectivity index (χ4n) is 2.06. The minimum absolute atomic E-state index is 0.0276. The number of hydrogen-bond donors (Lipinski definition) is 1. The molecule has 1 unspecified atom stereocenters. The standard InChI is InChI=1S/C12H20N2O2/c1-12(2,3)10-11(16)14(6-8-4-5-8)7-9(15)13-10/h8,10H,4-7H2,1-3H3,(H,13,15). The van der Waals surface area contributed by atoms with Gasteiger partial charge in [0.05, 0.1) is 6.54 Å². The molecular weight excluding hydrogens is 204 g/mol. The van der Waals surface area contributed by atoms with Crippen molar-refractivity contribution in [3.8, 4) is 0 Å². The monoisotopic (exact) mass is 224 g/mol. The molecule has 0 radical (unpaired) electrons. The van der Waals surface area contributed by atoms with E-state index < -0.39 is 0 Å². The van der Waals surface area contributed by atoms with Crippen molar-refractivity contribution in [3.05, 3.63) is 0 Å². The summed E-state index contributed by atoms with van der Waals surface area (Å²) in [6, 6.07) is -0.368. The van der Waals surface area contributed by atoms with Gasteiger partial charge in [0, 0.05) is 6.54 Å². The molecule has 2 amide bonds. The highest BCUT2D eigenvalue weighted by Crippen LogP contribution is 2.31. The number of carbonyl (C=O) groups is 2. The Labute approximate surface area is 96.4 Å². The third-order valence-corrected chi connectivity index (χ3v) is 3.24. The van der Waals surface area contributed by atoms with E-state index in [9.17, 15) is 9.59 Å². The fourth-order valence-corrected chi connectivity index (χ4v) is 2.06. The van der Waals surface area contributed by atoms with Crippen LogP contribution in [0.5, 0.6) is 0 Å². The molecule has 4 nitrogen and oxygen atoms in total. The molecule has 4 heteroatoms. The van der Waals surface area contributed by atoms with E-state index in [1.54, 1.807) is 4.90 Å². The number of piperazine rings is 1. The minimum atomic E-state index is -0.368. The van der Waals surface area contributed by atoms with Crippen molar-refractivity contribution >= 4 is 11.8 Å². The Morgan fingerprint density at radius 3 is 2.44 bits per heavy atom. The molecular formula is C12H20N2O2. The first-order valence-electron chi connectivity index (χ1n) is 5.96. The minimum Gasteiger partial charge on any atom is -0.342 e. The van der Waals surface area contributed by atoms with E-state index in [4.69, 9.17) is 0 Å². The number of hydrogen-bond acceptors (Lipinski definition) is 2. The molecule has 1 saturated heterocycles. The highest BCUT2D eigenvalue weighted by molar-refractivity contribution is 5.95. The summed E-state index contributed by atoms with van der Waals surface area (Å²) in [6.07, 6.45) is 2.40. The zero-order valence-corrected chi connectivity index (χ0v) is 10.2. The summed E-state index contributed by atoms with van der Waals surface area (Å²) in [5, 5.41) is 2.80. The van der Waals surface area contributed by atoms with Crippen LogP contribution in [0.1, 0.15) is 33.6 Å². The van der Waals surface area contributed by atoms with Crippen LogP contribution in [0.4, 0.5) is 0 Å². The summed E-state index contributed by atoms with van der Waals surface area (Å²) in [5.41, 5.74) is -0.213. The highest BCUT2D eigenvalue weighted by Gasteiger charge is 2.41. The lowest BCUT2D eigenvalue weighted by molar-refractivity contribution is -0.147. The van der Waals surface area contributed by atoms with Crippen molar-refractivity contribution in [2.45, 2.75) is 39.7 Å². The van der Waals surface area contributed by atoms with Gasteiger partial charge in [-0.2, -0.15) is 0 Å². The Balaban J connectivity index is 2.08. The molecule has 1 N–H and O–H groups in total. The first kappa shape index (κ1) is 11.4. The number of nitrogens with one attached hydrogen (secondary N) is 1. The van der Waals surface area contributed by atoms with Crippen LogP contribution in [-0.4, -0.2) is 35.8 Å². The molecule has 1 aliphatic carbocycles. The molecule has 1 saturated carbocycles. The maximum Gasteiger partial charge on any atom is 0.246 e. The van der Waals surface area contributed by atoms with Crippen molar-refractivity contribution in [3.63, 3.8) is 0 Å². The Bertz CT molecular complexity index is 315. The molecule has 0 aromatic carbocycles. The molecule has 1 heterocycles. The Morgan fingerprint density at radius 1 is 1.31 bits per heavy atom. The summed E-state index contributed by atoms with van der Waals surface area (Å²) in [6.45, 7) is 6.95. The Morgan fingerprint density at radius 2 is 1.94 bits per heavy atom. The first-order valence-corrected chi connectivity index (χ1v) is 5.96. The first-order chi connectivity index (χ1) is 7.38. The van der Waals surface area contributed by atoms with Crippen molar-refractivity contribution in [1.82, 2.24) is 10.2 Å². The van der Waals surface area contributed by atoms with Crippen LogP contribution < -0.4 is 5.32 Å². The smallest absolute Gasteiger partial charge is 0.246 e. The van der Waals surface area contributed by atoms with Gasteiger partial charge >= 0.3 is 0 Å². The second kappa shape index (κ2) is 3.75. The van der Waals surface area contributed by atoms with Gasteiger partial charge < -0.3 is 10.2 Å². The van der Waals surface area contributed by atoms with Gasteiger partial charge in [-0.15, -0.1) is 0 Å². The third kappa shape index (κ3) is 2.36. The molecule has 16 heavy (non-hydrogen) atoms. The molecule has 0 spiro atoms. The molecule has 0 bridgehead atoms.